The van der Waals surface area contributed by atoms with Gasteiger partial charge in [-0.2, -0.15) is 0 Å². The maximum absolute atomic E-state index is 13.6. The van der Waals surface area contributed by atoms with Gasteiger partial charge >= 0.3 is 6.09 Å². The van der Waals surface area contributed by atoms with Gasteiger partial charge in [0.25, 0.3) is 5.56 Å². The zero-order chi connectivity index (χ0) is 22.9. The Morgan fingerprint density at radius 1 is 1.13 bits per heavy atom. The summed E-state index contributed by atoms with van der Waals surface area (Å²) >= 11 is 6.35. The fourth-order valence-electron chi connectivity index (χ4n) is 3.32. The third-order valence-corrected chi connectivity index (χ3v) is 5.10. The van der Waals surface area contributed by atoms with Crippen LogP contribution in [0, 0.1) is 0 Å². The number of aromatic nitrogens is 2. The molecule has 0 saturated carbocycles. The van der Waals surface area contributed by atoms with Crippen molar-refractivity contribution >= 4 is 28.6 Å². The number of rotatable bonds is 4. The molecule has 0 radical (unpaired) electrons. The molecule has 2 aromatic carbocycles. The summed E-state index contributed by atoms with van der Waals surface area (Å²) in [6, 6.07) is 12.3. The number of amides is 1. The largest absolute Gasteiger partial charge is 0.444 e. The Hall–Kier alpha value is -2.86. The van der Waals surface area contributed by atoms with Crippen molar-refractivity contribution in [3.8, 4) is 5.69 Å². The van der Waals surface area contributed by atoms with Crippen LogP contribution in [0.3, 0.4) is 0 Å². The fourth-order valence-corrected chi connectivity index (χ4v) is 3.57. The second-order valence-corrected chi connectivity index (χ2v) is 9.27. The van der Waals surface area contributed by atoms with E-state index in [0.717, 1.165) is 5.56 Å². The molecule has 6 nitrogen and oxygen atoms in total. The van der Waals surface area contributed by atoms with Crippen LogP contribution in [-0.2, 0) is 4.74 Å². The number of carbonyl (C=O) groups excluding carboxylic acids is 1. The van der Waals surface area contributed by atoms with Crippen molar-refractivity contribution < 1.29 is 9.53 Å². The Morgan fingerprint density at radius 2 is 1.81 bits per heavy atom. The second-order valence-electron chi connectivity index (χ2n) is 8.86. The van der Waals surface area contributed by atoms with E-state index >= 15 is 0 Å². The SMILES string of the molecule is CC(C)c1cccc(-n2c(C(C)NC(=O)OC(C)(C)C)nc3cccc(Cl)c3c2=O)c1. The molecule has 1 amide bonds. The number of nitrogens with zero attached hydrogens (tertiary/aromatic N) is 2. The molecule has 1 unspecified atom stereocenters. The minimum atomic E-state index is -0.639. The van der Waals surface area contributed by atoms with Crippen LogP contribution in [0.2, 0.25) is 5.02 Å². The van der Waals surface area contributed by atoms with Gasteiger partial charge in [-0.25, -0.2) is 9.78 Å². The predicted octanol–water partition coefficient (Wildman–Crippen LogP) is 5.75. The fraction of sp³-hybridized carbons (Fsp3) is 0.375. The number of carbonyl (C=O) groups is 1. The first-order valence-electron chi connectivity index (χ1n) is 10.3. The van der Waals surface area contributed by atoms with Gasteiger partial charge in [-0.3, -0.25) is 9.36 Å². The van der Waals surface area contributed by atoms with Crippen molar-refractivity contribution in [3.05, 3.63) is 69.2 Å². The number of benzene rings is 2. The summed E-state index contributed by atoms with van der Waals surface area (Å²) in [4.78, 5) is 30.6. The van der Waals surface area contributed by atoms with Gasteiger partial charge in [-0.05, 0) is 63.4 Å². The summed E-state index contributed by atoms with van der Waals surface area (Å²) in [5.41, 5.74) is 1.30. The highest BCUT2D eigenvalue weighted by atomic mass is 35.5. The van der Waals surface area contributed by atoms with E-state index in [1.165, 1.54) is 4.57 Å². The highest BCUT2D eigenvalue weighted by Gasteiger charge is 2.23. The molecule has 7 heteroatoms. The van der Waals surface area contributed by atoms with Gasteiger partial charge in [0.2, 0.25) is 0 Å². The summed E-state index contributed by atoms with van der Waals surface area (Å²) in [5, 5.41) is 3.47. The highest BCUT2D eigenvalue weighted by molar-refractivity contribution is 6.35. The molecular formula is C24H28ClN3O3. The van der Waals surface area contributed by atoms with Crippen LogP contribution < -0.4 is 10.9 Å². The van der Waals surface area contributed by atoms with Crippen molar-refractivity contribution in [1.29, 1.82) is 0 Å². The van der Waals surface area contributed by atoms with Crippen molar-refractivity contribution in [3.63, 3.8) is 0 Å². The number of halogens is 1. The molecule has 0 saturated heterocycles. The minimum Gasteiger partial charge on any atom is -0.444 e. The van der Waals surface area contributed by atoms with Gasteiger partial charge in [0.05, 0.1) is 27.7 Å². The number of hydrogen-bond acceptors (Lipinski definition) is 4. The number of nitrogens with one attached hydrogen (secondary N) is 1. The summed E-state index contributed by atoms with van der Waals surface area (Å²) in [5.74, 6) is 0.681. The quantitative estimate of drug-likeness (QED) is 0.559. The molecule has 1 aromatic heterocycles. The lowest BCUT2D eigenvalue weighted by molar-refractivity contribution is 0.0505. The molecule has 0 fully saturated rings. The molecule has 1 heterocycles. The third kappa shape index (κ3) is 5.07. The molecule has 0 aliphatic rings. The van der Waals surface area contributed by atoms with E-state index in [1.54, 1.807) is 45.9 Å². The van der Waals surface area contributed by atoms with Crippen molar-refractivity contribution in [2.45, 2.75) is 59.1 Å². The van der Waals surface area contributed by atoms with Gasteiger partial charge in [0, 0.05) is 0 Å². The van der Waals surface area contributed by atoms with Crippen LogP contribution >= 0.6 is 11.6 Å². The molecule has 31 heavy (non-hydrogen) atoms. The Bertz CT molecular complexity index is 1180. The van der Waals surface area contributed by atoms with E-state index in [9.17, 15) is 9.59 Å². The molecule has 0 spiro atoms. The standard InChI is InChI=1S/C24H28ClN3O3/c1-14(2)16-9-7-10-17(13-16)28-21(15(3)26-23(30)31-24(4,5)6)27-19-12-8-11-18(25)20(19)22(28)29/h7-15H,1-6H3,(H,26,30). The molecule has 0 aliphatic heterocycles. The van der Waals surface area contributed by atoms with Crippen LogP contribution in [-0.4, -0.2) is 21.2 Å². The lowest BCUT2D eigenvalue weighted by Gasteiger charge is -2.23. The number of alkyl carbamates (subject to hydrolysis) is 1. The van der Waals surface area contributed by atoms with Crippen LogP contribution in [0.1, 0.15) is 64.9 Å². The summed E-state index contributed by atoms with van der Waals surface area (Å²) in [6.07, 6.45) is -0.581. The lowest BCUT2D eigenvalue weighted by Crippen LogP contribution is -2.37. The summed E-state index contributed by atoms with van der Waals surface area (Å²) in [7, 11) is 0. The Kier molecular flexibility index (Phi) is 6.41. The van der Waals surface area contributed by atoms with Gasteiger partial charge in [0.15, 0.2) is 0 Å². The van der Waals surface area contributed by atoms with E-state index in [2.05, 4.69) is 19.2 Å². The smallest absolute Gasteiger partial charge is 0.408 e. The first kappa shape index (κ1) is 22.8. The maximum atomic E-state index is 13.6. The molecule has 0 aliphatic carbocycles. The lowest BCUT2D eigenvalue weighted by atomic mass is 10.0. The average Bonchev–Trinajstić information content (AvgIpc) is 2.66. The molecule has 1 atom stereocenters. The number of ether oxygens (including phenoxy) is 1. The van der Waals surface area contributed by atoms with Crippen molar-refractivity contribution in [2.24, 2.45) is 0 Å². The third-order valence-electron chi connectivity index (χ3n) is 4.79. The van der Waals surface area contributed by atoms with E-state index in [4.69, 9.17) is 21.3 Å². The summed E-state index contributed by atoms with van der Waals surface area (Å²) < 4.78 is 6.89. The molecule has 0 bridgehead atoms. The van der Waals surface area contributed by atoms with E-state index in [-0.39, 0.29) is 11.5 Å². The van der Waals surface area contributed by atoms with Crippen LogP contribution in [0.25, 0.3) is 16.6 Å². The Balaban J connectivity index is 2.20. The van der Waals surface area contributed by atoms with Crippen LogP contribution in [0.5, 0.6) is 0 Å². The zero-order valence-electron chi connectivity index (χ0n) is 18.7. The summed E-state index contributed by atoms with van der Waals surface area (Å²) in [6.45, 7) is 11.3. The molecule has 3 rings (SSSR count). The van der Waals surface area contributed by atoms with Gasteiger partial charge in [0.1, 0.15) is 11.4 Å². The molecule has 3 aromatic rings. The number of fused-ring (bicyclic) bond motifs is 1. The number of hydrogen-bond donors (Lipinski definition) is 1. The zero-order valence-corrected chi connectivity index (χ0v) is 19.4. The monoisotopic (exact) mass is 441 g/mol. The molecule has 1 N–H and O–H groups in total. The van der Waals surface area contributed by atoms with Crippen molar-refractivity contribution in [1.82, 2.24) is 14.9 Å². The first-order chi connectivity index (χ1) is 14.5. The average molecular weight is 442 g/mol. The highest BCUT2D eigenvalue weighted by Crippen LogP contribution is 2.24. The van der Waals surface area contributed by atoms with Crippen molar-refractivity contribution in [2.75, 3.05) is 0 Å². The second kappa shape index (κ2) is 8.71. The van der Waals surface area contributed by atoms with Gasteiger partial charge in [-0.1, -0.05) is 43.6 Å². The van der Waals surface area contributed by atoms with E-state index in [0.29, 0.717) is 27.4 Å². The maximum Gasteiger partial charge on any atom is 0.408 e. The van der Waals surface area contributed by atoms with Crippen LogP contribution in [0.4, 0.5) is 4.79 Å². The van der Waals surface area contributed by atoms with E-state index in [1.807, 2.05) is 24.3 Å². The molecule has 164 valence electrons. The van der Waals surface area contributed by atoms with Gasteiger partial charge in [-0.15, -0.1) is 0 Å². The topological polar surface area (TPSA) is 73.2 Å². The Labute approximate surface area is 187 Å². The van der Waals surface area contributed by atoms with Gasteiger partial charge < -0.3 is 10.1 Å². The predicted molar refractivity (Wildman–Crippen MR) is 124 cm³/mol. The van der Waals surface area contributed by atoms with E-state index < -0.39 is 17.7 Å². The normalized spacial score (nSPS) is 12.8. The Morgan fingerprint density at radius 3 is 2.45 bits per heavy atom. The minimum absolute atomic E-state index is 0.286. The van der Waals surface area contributed by atoms with Crippen LogP contribution in [0.15, 0.2) is 47.3 Å². The first-order valence-corrected chi connectivity index (χ1v) is 10.7. The molecular weight excluding hydrogens is 414 g/mol.